The van der Waals surface area contributed by atoms with Gasteiger partial charge < -0.3 is 18.9 Å². The summed E-state index contributed by atoms with van der Waals surface area (Å²) < 4.78 is 21.8. The molecular weight excluding hydrogens is 364 g/mol. The Hall–Kier alpha value is -2.57. The van der Waals surface area contributed by atoms with Gasteiger partial charge in [-0.25, -0.2) is 9.59 Å². The quantitative estimate of drug-likeness (QED) is 0.241. The number of cyclic esters (lactones) is 1. The molecule has 0 N–H and O–H groups in total. The zero-order chi connectivity index (χ0) is 20.2. The molecule has 1 unspecified atom stereocenters. The smallest absolute Gasteiger partial charge is 0.338 e. The standard InChI is InChI=1S/C21H24O7/c1-10-7-16(27-19(10)23)25-9-14-12-8-13-15(26-11(2)22)5-6-21(3,4)17(13)18(12)28-20(14)24/h7,9,12,15-16,18H,5-6,8H2,1-4H3/b14-9+/t12?,15-,16+,18-/m0/s1. The minimum Gasteiger partial charge on any atom is -0.458 e. The van der Waals surface area contributed by atoms with E-state index in [9.17, 15) is 14.4 Å². The molecule has 28 heavy (non-hydrogen) atoms. The first kappa shape index (κ1) is 18.8. The third-order valence-corrected chi connectivity index (χ3v) is 6.02. The van der Waals surface area contributed by atoms with E-state index >= 15 is 0 Å². The molecule has 2 aliphatic carbocycles. The monoisotopic (exact) mass is 388 g/mol. The van der Waals surface area contributed by atoms with Crippen molar-refractivity contribution in [2.45, 2.75) is 65.5 Å². The Labute approximate surface area is 163 Å². The van der Waals surface area contributed by atoms with E-state index in [1.165, 1.54) is 13.2 Å². The highest BCUT2D eigenvalue weighted by molar-refractivity contribution is 5.92. The van der Waals surface area contributed by atoms with Gasteiger partial charge in [-0.3, -0.25) is 4.79 Å². The second-order valence-corrected chi connectivity index (χ2v) is 8.43. The lowest BCUT2D eigenvalue weighted by Gasteiger charge is -2.37. The molecule has 0 saturated carbocycles. The zero-order valence-electron chi connectivity index (χ0n) is 16.4. The Bertz CT molecular complexity index is 845. The summed E-state index contributed by atoms with van der Waals surface area (Å²) in [4.78, 5) is 35.4. The second kappa shape index (κ2) is 6.50. The van der Waals surface area contributed by atoms with Crippen molar-refractivity contribution in [2.24, 2.45) is 11.3 Å². The molecule has 0 radical (unpaired) electrons. The molecule has 7 nitrogen and oxygen atoms in total. The summed E-state index contributed by atoms with van der Waals surface area (Å²) in [7, 11) is 0. The topological polar surface area (TPSA) is 88.1 Å². The predicted octanol–water partition coefficient (Wildman–Crippen LogP) is 2.71. The fraction of sp³-hybridized carbons (Fsp3) is 0.571. The summed E-state index contributed by atoms with van der Waals surface area (Å²) in [6.45, 7) is 7.32. The van der Waals surface area contributed by atoms with E-state index in [2.05, 4.69) is 13.8 Å². The number of hydrogen-bond donors (Lipinski definition) is 0. The highest BCUT2D eigenvalue weighted by Gasteiger charge is 2.54. The molecule has 4 atom stereocenters. The van der Waals surface area contributed by atoms with Gasteiger partial charge >= 0.3 is 17.9 Å². The average molecular weight is 388 g/mol. The van der Waals surface area contributed by atoms with Crippen LogP contribution >= 0.6 is 0 Å². The van der Waals surface area contributed by atoms with Crippen molar-refractivity contribution in [2.75, 3.05) is 0 Å². The molecule has 2 aliphatic heterocycles. The molecule has 150 valence electrons. The van der Waals surface area contributed by atoms with E-state index in [4.69, 9.17) is 18.9 Å². The molecule has 4 aliphatic rings. The normalized spacial score (nSPS) is 34.6. The zero-order valence-corrected chi connectivity index (χ0v) is 16.4. The summed E-state index contributed by atoms with van der Waals surface area (Å²) in [5.74, 6) is -1.35. The number of carbonyl (C=O) groups is 3. The third-order valence-electron chi connectivity index (χ3n) is 6.02. The number of hydrogen-bond acceptors (Lipinski definition) is 7. The molecule has 0 aromatic heterocycles. The molecule has 4 rings (SSSR count). The summed E-state index contributed by atoms with van der Waals surface area (Å²) in [6, 6.07) is 0. The second-order valence-electron chi connectivity index (χ2n) is 8.43. The van der Waals surface area contributed by atoms with Crippen molar-refractivity contribution >= 4 is 17.9 Å². The summed E-state index contributed by atoms with van der Waals surface area (Å²) in [5.41, 5.74) is 2.88. The van der Waals surface area contributed by atoms with Gasteiger partial charge in [0.25, 0.3) is 6.29 Å². The average Bonchev–Trinajstić information content (AvgIpc) is 3.21. The molecule has 0 aromatic rings. The van der Waals surface area contributed by atoms with E-state index in [1.807, 2.05) is 0 Å². The van der Waals surface area contributed by atoms with Gasteiger partial charge in [0.15, 0.2) is 0 Å². The Morgan fingerprint density at radius 3 is 2.64 bits per heavy atom. The Morgan fingerprint density at radius 1 is 1.25 bits per heavy atom. The van der Waals surface area contributed by atoms with Gasteiger partial charge in [0.05, 0.1) is 11.8 Å². The van der Waals surface area contributed by atoms with Crippen LogP contribution in [-0.4, -0.2) is 36.4 Å². The predicted molar refractivity (Wildman–Crippen MR) is 96.4 cm³/mol. The minimum atomic E-state index is -0.832. The highest BCUT2D eigenvalue weighted by Crippen LogP contribution is 2.55. The number of carbonyl (C=O) groups excluding carboxylic acids is 3. The number of rotatable bonds is 3. The van der Waals surface area contributed by atoms with Gasteiger partial charge in [0.1, 0.15) is 12.2 Å². The summed E-state index contributed by atoms with van der Waals surface area (Å²) in [6.07, 6.45) is 3.64. The van der Waals surface area contributed by atoms with Crippen molar-refractivity contribution in [3.8, 4) is 0 Å². The van der Waals surface area contributed by atoms with Crippen LogP contribution < -0.4 is 0 Å². The maximum atomic E-state index is 12.5. The van der Waals surface area contributed by atoms with E-state index in [0.29, 0.717) is 17.6 Å². The van der Waals surface area contributed by atoms with E-state index in [0.717, 1.165) is 24.0 Å². The van der Waals surface area contributed by atoms with Crippen LogP contribution in [0.4, 0.5) is 0 Å². The van der Waals surface area contributed by atoms with Gasteiger partial charge in [0.2, 0.25) is 0 Å². The van der Waals surface area contributed by atoms with Crippen LogP contribution in [0.2, 0.25) is 0 Å². The summed E-state index contributed by atoms with van der Waals surface area (Å²) in [5, 5.41) is 0. The van der Waals surface area contributed by atoms with Gasteiger partial charge in [0, 0.05) is 24.5 Å². The van der Waals surface area contributed by atoms with Gasteiger partial charge in [-0.1, -0.05) is 13.8 Å². The van der Waals surface area contributed by atoms with Crippen molar-refractivity contribution in [3.05, 3.63) is 34.6 Å². The maximum absolute atomic E-state index is 12.5. The van der Waals surface area contributed by atoms with Crippen LogP contribution in [-0.2, 0) is 33.3 Å². The summed E-state index contributed by atoms with van der Waals surface area (Å²) >= 11 is 0. The fourth-order valence-corrected chi connectivity index (χ4v) is 4.69. The van der Waals surface area contributed by atoms with E-state index in [1.54, 1.807) is 13.0 Å². The van der Waals surface area contributed by atoms with Crippen molar-refractivity contribution in [1.29, 1.82) is 0 Å². The fourth-order valence-electron chi connectivity index (χ4n) is 4.69. The number of esters is 3. The Morgan fingerprint density at radius 2 is 2.00 bits per heavy atom. The number of fused-ring (bicyclic) bond motifs is 2. The molecule has 2 heterocycles. The molecule has 1 fully saturated rings. The lowest BCUT2D eigenvalue weighted by atomic mass is 9.71. The molecule has 7 heteroatoms. The lowest BCUT2D eigenvalue weighted by Crippen LogP contribution is -2.33. The van der Waals surface area contributed by atoms with Crippen molar-refractivity contribution in [3.63, 3.8) is 0 Å². The third kappa shape index (κ3) is 3.02. The highest BCUT2D eigenvalue weighted by atomic mass is 16.7. The number of ether oxygens (including phenoxy) is 4. The molecule has 0 aromatic carbocycles. The largest absolute Gasteiger partial charge is 0.458 e. The van der Waals surface area contributed by atoms with Crippen LogP contribution in [0.3, 0.4) is 0 Å². The maximum Gasteiger partial charge on any atom is 0.338 e. The molecular formula is C21H24O7. The van der Waals surface area contributed by atoms with Crippen LogP contribution in [0.5, 0.6) is 0 Å². The Kier molecular flexibility index (Phi) is 4.36. The van der Waals surface area contributed by atoms with Crippen LogP contribution in [0.25, 0.3) is 0 Å². The van der Waals surface area contributed by atoms with Crippen LogP contribution in [0.15, 0.2) is 34.6 Å². The first-order valence-corrected chi connectivity index (χ1v) is 9.54. The van der Waals surface area contributed by atoms with Gasteiger partial charge in [-0.15, -0.1) is 0 Å². The molecule has 1 saturated heterocycles. The molecule has 0 amide bonds. The molecule has 0 bridgehead atoms. The van der Waals surface area contributed by atoms with Crippen LogP contribution in [0.1, 0.15) is 47.0 Å². The Balaban J connectivity index is 1.58. The lowest BCUT2D eigenvalue weighted by molar-refractivity contribution is -0.152. The molecule has 0 spiro atoms. The van der Waals surface area contributed by atoms with Gasteiger partial charge in [-0.05, 0) is 42.7 Å². The SMILES string of the molecule is CC(=O)O[C@H]1CCC(C)(C)C2=C1CC1/C(=C\O[C@H]3C=C(C)C(=O)O3)C(=O)O[C@H]21. The van der Waals surface area contributed by atoms with Crippen LogP contribution in [0, 0.1) is 11.3 Å². The van der Waals surface area contributed by atoms with Crippen molar-refractivity contribution in [1.82, 2.24) is 0 Å². The first-order chi connectivity index (χ1) is 13.2. The van der Waals surface area contributed by atoms with E-state index in [-0.39, 0.29) is 29.5 Å². The minimum absolute atomic E-state index is 0.136. The first-order valence-electron chi connectivity index (χ1n) is 9.54. The van der Waals surface area contributed by atoms with E-state index < -0.39 is 18.2 Å². The van der Waals surface area contributed by atoms with Crippen molar-refractivity contribution < 1.29 is 33.3 Å². The van der Waals surface area contributed by atoms with Gasteiger partial charge in [-0.2, -0.15) is 0 Å².